The summed E-state index contributed by atoms with van der Waals surface area (Å²) in [7, 11) is 1.91. The maximum Gasteiger partial charge on any atom is 0.226 e. The molecule has 6 heteroatoms. The number of nitrogens with one attached hydrogen (secondary N) is 1. The molecular weight excluding hydrogens is 302 g/mol. The lowest BCUT2D eigenvalue weighted by Gasteiger charge is -2.27. The number of aromatic amines is 1. The van der Waals surface area contributed by atoms with Gasteiger partial charge in [-0.25, -0.2) is 0 Å². The van der Waals surface area contributed by atoms with Crippen molar-refractivity contribution in [1.29, 1.82) is 0 Å². The molecule has 1 amide bonds. The third kappa shape index (κ3) is 2.85. The summed E-state index contributed by atoms with van der Waals surface area (Å²) in [5.74, 6) is 0.296. The molecule has 128 valence electrons. The number of aryl methyl sites for hydroxylation is 2. The molecule has 1 aliphatic carbocycles. The first-order chi connectivity index (χ1) is 11.7. The zero-order valence-electron chi connectivity index (χ0n) is 14.3. The van der Waals surface area contributed by atoms with E-state index in [1.165, 1.54) is 36.2 Å². The molecule has 24 heavy (non-hydrogen) atoms. The molecule has 2 aromatic heterocycles. The van der Waals surface area contributed by atoms with Crippen LogP contribution in [-0.4, -0.2) is 37.8 Å². The molecule has 2 aliphatic rings. The Morgan fingerprint density at radius 1 is 1.38 bits per heavy atom. The van der Waals surface area contributed by atoms with E-state index in [1.807, 2.05) is 28.9 Å². The van der Waals surface area contributed by atoms with Gasteiger partial charge < -0.3 is 4.90 Å². The van der Waals surface area contributed by atoms with Crippen LogP contribution >= 0.6 is 0 Å². The molecular formula is C18H25N5O. The van der Waals surface area contributed by atoms with Crippen LogP contribution in [-0.2, 0) is 37.1 Å². The summed E-state index contributed by atoms with van der Waals surface area (Å²) in [4.78, 5) is 14.7. The molecule has 6 nitrogen and oxygen atoms in total. The summed E-state index contributed by atoms with van der Waals surface area (Å²) in [6, 6.07) is 2.02. The largest absolute Gasteiger partial charge is 0.340 e. The summed E-state index contributed by atoms with van der Waals surface area (Å²) >= 11 is 0. The van der Waals surface area contributed by atoms with E-state index in [-0.39, 0.29) is 11.8 Å². The average molecular weight is 327 g/mol. The molecule has 3 heterocycles. The number of amides is 1. The van der Waals surface area contributed by atoms with E-state index in [1.54, 1.807) is 0 Å². The first-order valence-electron chi connectivity index (χ1n) is 9.03. The normalized spacial score (nSPS) is 20.1. The molecule has 0 aromatic carbocycles. The highest BCUT2D eigenvalue weighted by Crippen LogP contribution is 2.25. The third-order valence-electron chi connectivity index (χ3n) is 5.45. The molecule has 0 saturated carbocycles. The number of aromatic nitrogens is 4. The fraction of sp³-hybridized carbons (Fsp3) is 0.611. The van der Waals surface area contributed by atoms with Gasteiger partial charge in [0.25, 0.3) is 0 Å². The Morgan fingerprint density at radius 2 is 2.25 bits per heavy atom. The van der Waals surface area contributed by atoms with Crippen LogP contribution in [0.15, 0.2) is 12.3 Å². The number of fused-ring (bicyclic) bond motifs is 2. The fourth-order valence-electron chi connectivity index (χ4n) is 4.05. The van der Waals surface area contributed by atoms with E-state index in [0.29, 0.717) is 6.54 Å². The molecule has 1 unspecified atom stereocenters. The molecule has 1 aliphatic heterocycles. The molecule has 1 N–H and O–H groups in total. The van der Waals surface area contributed by atoms with Crippen LogP contribution in [0.25, 0.3) is 0 Å². The number of H-pyrrole nitrogens is 1. The lowest BCUT2D eigenvalue weighted by molar-refractivity contribution is -0.135. The van der Waals surface area contributed by atoms with Gasteiger partial charge in [-0.1, -0.05) is 6.42 Å². The lowest BCUT2D eigenvalue weighted by atomic mass is 9.94. The van der Waals surface area contributed by atoms with Crippen LogP contribution in [0, 0.1) is 5.92 Å². The summed E-state index contributed by atoms with van der Waals surface area (Å²) in [5, 5.41) is 12.0. The van der Waals surface area contributed by atoms with Crippen LogP contribution < -0.4 is 0 Å². The standard InChI is InChI=1S/C18H25N5O/c1-22(12-17-15-5-3-2-4-6-16(15)20-21-17)18(24)13-8-10-23-14(11-13)7-9-19-23/h7,9,13H,2-6,8,10-12H2,1H3,(H,20,21). The summed E-state index contributed by atoms with van der Waals surface area (Å²) in [6.45, 7) is 1.45. The Balaban J connectivity index is 1.44. The van der Waals surface area contributed by atoms with Crippen molar-refractivity contribution in [2.24, 2.45) is 5.92 Å². The van der Waals surface area contributed by atoms with Gasteiger partial charge in [-0.15, -0.1) is 0 Å². The lowest BCUT2D eigenvalue weighted by Crippen LogP contribution is -2.36. The first kappa shape index (κ1) is 15.4. The topological polar surface area (TPSA) is 66.8 Å². The maximum atomic E-state index is 12.9. The third-order valence-corrected chi connectivity index (χ3v) is 5.45. The molecule has 0 saturated heterocycles. The Bertz CT molecular complexity index is 732. The smallest absolute Gasteiger partial charge is 0.226 e. The van der Waals surface area contributed by atoms with Gasteiger partial charge in [-0.2, -0.15) is 10.2 Å². The van der Waals surface area contributed by atoms with Gasteiger partial charge in [0.2, 0.25) is 5.91 Å². The molecule has 1 atom stereocenters. The van der Waals surface area contributed by atoms with Crippen molar-refractivity contribution < 1.29 is 4.79 Å². The van der Waals surface area contributed by atoms with E-state index in [0.717, 1.165) is 37.9 Å². The number of nitrogens with zero attached hydrogens (tertiary/aromatic N) is 4. The van der Waals surface area contributed by atoms with Crippen LogP contribution in [0.1, 0.15) is 48.3 Å². The Kier molecular flexibility index (Phi) is 4.12. The number of carbonyl (C=O) groups excluding carboxylic acids is 1. The predicted octanol–water partition coefficient (Wildman–Crippen LogP) is 2.10. The van der Waals surface area contributed by atoms with Crippen molar-refractivity contribution in [3.05, 3.63) is 34.9 Å². The highest BCUT2D eigenvalue weighted by atomic mass is 16.2. The minimum Gasteiger partial charge on any atom is -0.340 e. The van der Waals surface area contributed by atoms with Gasteiger partial charge >= 0.3 is 0 Å². The Hall–Kier alpha value is -2.11. The van der Waals surface area contributed by atoms with Gasteiger partial charge in [0.05, 0.1) is 12.2 Å². The summed E-state index contributed by atoms with van der Waals surface area (Å²) in [6.07, 6.45) is 9.41. The van der Waals surface area contributed by atoms with Crippen LogP contribution in [0.5, 0.6) is 0 Å². The number of rotatable bonds is 3. The van der Waals surface area contributed by atoms with Crippen LogP contribution in [0.2, 0.25) is 0 Å². The summed E-state index contributed by atoms with van der Waals surface area (Å²) in [5.41, 5.74) is 4.86. The zero-order valence-corrected chi connectivity index (χ0v) is 14.3. The fourth-order valence-corrected chi connectivity index (χ4v) is 4.05. The van der Waals surface area contributed by atoms with Crippen molar-refractivity contribution in [3.8, 4) is 0 Å². The highest BCUT2D eigenvalue weighted by molar-refractivity contribution is 5.79. The zero-order chi connectivity index (χ0) is 16.5. The van der Waals surface area contributed by atoms with E-state index in [9.17, 15) is 4.79 Å². The van der Waals surface area contributed by atoms with E-state index in [2.05, 4.69) is 15.3 Å². The second-order valence-electron chi connectivity index (χ2n) is 7.12. The minimum absolute atomic E-state index is 0.0664. The van der Waals surface area contributed by atoms with Crippen LogP contribution in [0.3, 0.4) is 0 Å². The maximum absolute atomic E-state index is 12.9. The van der Waals surface area contributed by atoms with Gasteiger partial charge in [-0.05, 0) is 43.7 Å². The second-order valence-corrected chi connectivity index (χ2v) is 7.12. The average Bonchev–Trinajstić information content (AvgIpc) is 3.14. The van der Waals surface area contributed by atoms with Crippen molar-refractivity contribution in [3.63, 3.8) is 0 Å². The van der Waals surface area contributed by atoms with Crippen molar-refractivity contribution in [1.82, 2.24) is 24.9 Å². The molecule has 0 fully saturated rings. The van der Waals surface area contributed by atoms with Gasteiger partial charge in [-0.3, -0.25) is 14.6 Å². The van der Waals surface area contributed by atoms with E-state index < -0.39 is 0 Å². The number of hydrogen-bond donors (Lipinski definition) is 1. The van der Waals surface area contributed by atoms with Crippen LogP contribution in [0.4, 0.5) is 0 Å². The number of carbonyl (C=O) groups is 1. The SMILES string of the molecule is CN(Cc1n[nH]c2c1CCCCC2)C(=O)C1CCn2nccc2C1. The van der Waals surface area contributed by atoms with E-state index in [4.69, 9.17) is 0 Å². The van der Waals surface area contributed by atoms with Crippen molar-refractivity contribution in [2.75, 3.05) is 7.05 Å². The monoisotopic (exact) mass is 327 g/mol. The Morgan fingerprint density at radius 3 is 3.17 bits per heavy atom. The second kappa shape index (κ2) is 6.42. The van der Waals surface area contributed by atoms with Gasteiger partial charge in [0.1, 0.15) is 0 Å². The van der Waals surface area contributed by atoms with Crippen molar-refractivity contribution >= 4 is 5.91 Å². The number of hydrogen-bond acceptors (Lipinski definition) is 3. The quantitative estimate of drug-likeness (QED) is 0.878. The van der Waals surface area contributed by atoms with Crippen molar-refractivity contribution in [2.45, 2.75) is 58.0 Å². The highest BCUT2D eigenvalue weighted by Gasteiger charge is 2.28. The summed E-state index contributed by atoms with van der Waals surface area (Å²) < 4.78 is 2.01. The predicted molar refractivity (Wildman–Crippen MR) is 90.4 cm³/mol. The molecule has 4 rings (SSSR count). The molecule has 0 radical (unpaired) electrons. The molecule has 0 spiro atoms. The molecule has 2 aromatic rings. The van der Waals surface area contributed by atoms with Gasteiger partial charge in [0.15, 0.2) is 0 Å². The van der Waals surface area contributed by atoms with Gasteiger partial charge in [0, 0.05) is 43.5 Å². The first-order valence-corrected chi connectivity index (χ1v) is 9.03. The molecule has 0 bridgehead atoms. The Labute approximate surface area is 142 Å². The van der Waals surface area contributed by atoms with E-state index >= 15 is 0 Å². The minimum atomic E-state index is 0.0664.